The molecule has 51 heavy (non-hydrogen) atoms. The van der Waals surface area contributed by atoms with Gasteiger partial charge < -0.3 is 29.3 Å². The third-order valence-electron chi connectivity index (χ3n) is 11.5. The lowest BCUT2D eigenvalue weighted by atomic mass is 9.95. The molecule has 3 aromatic rings. The number of hydrogen-bond acceptors (Lipinski definition) is 9. The van der Waals surface area contributed by atoms with Gasteiger partial charge in [0, 0.05) is 69.4 Å². The number of nitrogens with zero attached hydrogens (tertiary/aromatic N) is 6. The number of carbonyl (C=O) groups is 1. The molecule has 7 rings (SSSR count). The highest BCUT2D eigenvalue weighted by atomic mass is 19.1. The van der Waals surface area contributed by atoms with Crippen molar-refractivity contribution in [2.45, 2.75) is 89.6 Å². The number of amides is 1. The van der Waals surface area contributed by atoms with Crippen molar-refractivity contribution in [2.24, 2.45) is 5.92 Å². The fourth-order valence-corrected chi connectivity index (χ4v) is 8.91. The lowest BCUT2D eigenvalue weighted by molar-refractivity contribution is -0.140. The molecule has 1 aromatic heterocycles. The Hall–Kier alpha value is -3.77. The van der Waals surface area contributed by atoms with Crippen LogP contribution in [0.2, 0.25) is 0 Å². The minimum absolute atomic E-state index is 0.0494. The zero-order valence-electron chi connectivity index (χ0n) is 30.5. The molecule has 12 heteroatoms. The van der Waals surface area contributed by atoms with Crippen LogP contribution in [0.5, 0.6) is 11.8 Å². The molecular weight excluding hydrogens is 654 g/mol. The summed E-state index contributed by atoms with van der Waals surface area (Å²) in [5.41, 5.74) is 2.97. The van der Waals surface area contributed by atoms with Gasteiger partial charge in [-0.25, -0.2) is 8.78 Å². The van der Waals surface area contributed by atoms with Crippen LogP contribution in [0.1, 0.15) is 69.2 Å². The number of halogens is 2. The van der Waals surface area contributed by atoms with Gasteiger partial charge in [0.15, 0.2) is 0 Å². The van der Waals surface area contributed by atoms with Crippen molar-refractivity contribution < 1.29 is 28.2 Å². The summed E-state index contributed by atoms with van der Waals surface area (Å²) in [6.45, 7) is 8.53. The third-order valence-corrected chi connectivity index (χ3v) is 11.5. The Bertz CT molecular complexity index is 1760. The number of fused-ring (bicyclic) bond motifs is 3. The van der Waals surface area contributed by atoms with E-state index in [1.807, 2.05) is 6.92 Å². The van der Waals surface area contributed by atoms with Crippen LogP contribution in [-0.4, -0.2) is 109 Å². The number of alkyl halides is 1. The third kappa shape index (κ3) is 7.18. The maximum atomic E-state index is 15.1. The fourth-order valence-electron chi connectivity index (χ4n) is 8.91. The lowest BCUT2D eigenvalue weighted by Crippen LogP contribution is -2.43. The predicted molar refractivity (Wildman–Crippen MR) is 194 cm³/mol. The van der Waals surface area contributed by atoms with E-state index in [4.69, 9.17) is 19.4 Å². The van der Waals surface area contributed by atoms with Gasteiger partial charge in [-0.05, 0) is 81.0 Å². The van der Waals surface area contributed by atoms with Crippen LogP contribution >= 0.6 is 0 Å². The second-order valence-corrected chi connectivity index (χ2v) is 15.2. The Morgan fingerprint density at radius 1 is 1.12 bits per heavy atom. The SMILES string of the molecule is CCc1c(F)ccc2cc(O)cc(N3CCc4c(nc(OC[C@@]56CCCN5C[C@H](F)C6)nc4N4CCCCC(COC(C)C(=O)N(C)C)C4)C3)c12. The van der Waals surface area contributed by atoms with Crippen LogP contribution in [-0.2, 0) is 28.9 Å². The zero-order chi connectivity index (χ0) is 35.9. The Labute approximate surface area is 299 Å². The fraction of sp³-hybridized carbons (Fsp3) is 0.615. The summed E-state index contributed by atoms with van der Waals surface area (Å²) in [4.78, 5) is 30.9. The van der Waals surface area contributed by atoms with Crippen molar-refractivity contribution in [1.29, 1.82) is 0 Å². The Morgan fingerprint density at radius 3 is 2.76 bits per heavy atom. The number of anilines is 2. The van der Waals surface area contributed by atoms with Crippen molar-refractivity contribution >= 4 is 28.2 Å². The average Bonchev–Trinajstić information content (AvgIpc) is 3.53. The molecule has 0 spiro atoms. The highest BCUT2D eigenvalue weighted by Gasteiger charge is 2.49. The maximum Gasteiger partial charge on any atom is 0.318 e. The summed E-state index contributed by atoms with van der Waals surface area (Å²) >= 11 is 0. The standard InChI is InChI=1S/C39H52F2N6O4/c1-5-30-32(41)11-10-27-17-29(48)18-34(35(27)30)45-16-12-31-33(22-45)42-38(51-24-39-13-8-15-47(39)21-28(40)19-39)43-36(31)46-14-7-6-9-26(20-46)23-50-25(2)37(49)44(3)4/h10-11,17-18,25-26,28,48H,5-9,12-16,19-24H2,1-4H3/t25?,26?,28-,39+/m1/s1. The highest BCUT2D eigenvalue weighted by molar-refractivity contribution is 5.98. The zero-order valence-corrected chi connectivity index (χ0v) is 30.5. The molecule has 10 nitrogen and oxygen atoms in total. The minimum Gasteiger partial charge on any atom is -0.508 e. The number of aromatic hydroxyl groups is 1. The number of hydrogen-bond donors (Lipinski definition) is 1. The van der Waals surface area contributed by atoms with E-state index in [1.54, 1.807) is 44.1 Å². The van der Waals surface area contributed by atoms with E-state index in [1.165, 1.54) is 6.07 Å². The smallest absolute Gasteiger partial charge is 0.318 e. The molecular formula is C39H52F2N6O4. The van der Waals surface area contributed by atoms with Gasteiger partial charge in [0.1, 0.15) is 36.3 Å². The molecule has 0 saturated carbocycles. The normalized spacial score (nSPS) is 24.4. The summed E-state index contributed by atoms with van der Waals surface area (Å²) in [5, 5.41) is 12.4. The highest BCUT2D eigenvalue weighted by Crippen LogP contribution is 2.42. The molecule has 2 unspecified atom stereocenters. The monoisotopic (exact) mass is 706 g/mol. The average molecular weight is 707 g/mol. The molecule has 3 saturated heterocycles. The first-order chi connectivity index (χ1) is 24.5. The Morgan fingerprint density at radius 2 is 1.96 bits per heavy atom. The van der Waals surface area contributed by atoms with Crippen molar-refractivity contribution in [3.05, 3.63) is 46.9 Å². The number of aromatic nitrogens is 2. The van der Waals surface area contributed by atoms with Crippen molar-refractivity contribution in [1.82, 2.24) is 19.8 Å². The molecule has 4 aliphatic rings. The van der Waals surface area contributed by atoms with Crippen LogP contribution in [0.25, 0.3) is 10.8 Å². The summed E-state index contributed by atoms with van der Waals surface area (Å²) in [6.07, 6.45) is 5.23. The van der Waals surface area contributed by atoms with E-state index >= 15 is 4.39 Å². The van der Waals surface area contributed by atoms with Gasteiger partial charge >= 0.3 is 6.01 Å². The quantitative estimate of drug-likeness (QED) is 0.287. The first kappa shape index (κ1) is 35.6. The molecule has 1 N–H and O–H groups in total. The number of carbonyl (C=O) groups excluding carboxylic acids is 1. The van der Waals surface area contributed by atoms with Gasteiger partial charge in [0.25, 0.3) is 5.91 Å². The van der Waals surface area contributed by atoms with Gasteiger partial charge in [-0.15, -0.1) is 0 Å². The van der Waals surface area contributed by atoms with Gasteiger partial charge in [0.2, 0.25) is 0 Å². The number of benzene rings is 2. The number of likely N-dealkylation sites (N-methyl/N-ethyl adjacent to an activating group) is 1. The number of ether oxygens (including phenoxy) is 2. The second-order valence-electron chi connectivity index (χ2n) is 15.2. The van der Waals surface area contributed by atoms with E-state index < -0.39 is 12.3 Å². The molecule has 4 atom stereocenters. The first-order valence-corrected chi connectivity index (χ1v) is 18.7. The molecule has 276 valence electrons. The Kier molecular flexibility index (Phi) is 10.3. The number of rotatable bonds is 10. The summed E-state index contributed by atoms with van der Waals surface area (Å²) in [5.74, 6) is 0.902. The van der Waals surface area contributed by atoms with Crippen molar-refractivity contribution in [3.8, 4) is 11.8 Å². The predicted octanol–water partition coefficient (Wildman–Crippen LogP) is 5.65. The number of phenols is 1. The van der Waals surface area contributed by atoms with Gasteiger partial charge in [-0.1, -0.05) is 19.4 Å². The van der Waals surface area contributed by atoms with E-state index in [-0.39, 0.29) is 34.9 Å². The molecule has 1 amide bonds. The molecule has 5 heterocycles. The maximum absolute atomic E-state index is 15.1. The van der Waals surface area contributed by atoms with Crippen LogP contribution in [0.4, 0.5) is 20.3 Å². The number of aryl methyl sites for hydroxylation is 1. The topological polar surface area (TPSA) is 94.5 Å². The lowest BCUT2D eigenvalue weighted by Gasteiger charge is -2.35. The van der Waals surface area contributed by atoms with E-state index in [0.717, 1.165) is 85.3 Å². The summed E-state index contributed by atoms with van der Waals surface area (Å²) in [6, 6.07) is 6.91. The van der Waals surface area contributed by atoms with Gasteiger partial charge in [0.05, 0.1) is 24.4 Å². The van der Waals surface area contributed by atoms with Gasteiger partial charge in [-0.2, -0.15) is 9.97 Å². The Balaban J connectivity index is 1.21. The largest absolute Gasteiger partial charge is 0.508 e. The molecule has 0 radical (unpaired) electrons. The van der Waals surface area contributed by atoms with E-state index in [0.29, 0.717) is 57.7 Å². The molecule has 3 fully saturated rings. The molecule has 4 aliphatic heterocycles. The molecule has 0 bridgehead atoms. The summed E-state index contributed by atoms with van der Waals surface area (Å²) < 4.78 is 42.3. The second kappa shape index (κ2) is 14.7. The van der Waals surface area contributed by atoms with E-state index in [9.17, 15) is 14.3 Å². The summed E-state index contributed by atoms with van der Waals surface area (Å²) in [7, 11) is 3.48. The van der Waals surface area contributed by atoms with Crippen molar-refractivity contribution in [3.63, 3.8) is 0 Å². The molecule has 0 aliphatic carbocycles. The molecule has 2 aromatic carbocycles. The number of phenolic OH excluding ortho intramolecular Hbond substituents is 1. The van der Waals surface area contributed by atoms with Crippen LogP contribution in [0.15, 0.2) is 24.3 Å². The first-order valence-electron chi connectivity index (χ1n) is 18.7. The van der Waals surface area contributed by atoms with Crippen molar-refractivity contribution in [2.75, 3.05) is 69.8 Å². The van der Waals surface area contributed by atoms with Crippen LogP contribution < -0.4 is 14.5 Å². The van der Waals surface area contributed by atoms with Crippen LogP contribution in [0.3, 0.4) is 0 Å². The minimum atomic E-state index is -0.857. The van der Waals surface area contributed by atoms with Crippen LogP contribution in [0, 0.1) is 11.7 Å². The van der Waals surface area contributed by atoms with E-state index in [2.05, 4.69) is 14.7 Å². The van der Waals surface area contributed by atoms with Gasteiger partial charge in [-0.3, -0.25) is 9.69 Å².